The van der Waals surface area contributed by atoms with Gasteiger partial charge in [0.05, 0.1) is 11.1 Å². The maximum Gasteiger partial charge on any atom is 0.416 e. The minimum atomic E-state index is -4.56. The summed E-state index contributed by atoms with van der Waals surface area (Å²) < 4.78 is 83.9. The van der Waals surface area contributed by atoms with E-state index in [1.54, 1.807) is 0 Å². The summed E-state index contributed by atoms with van der Waals surface area (Å²) >= 11 is 12.6. The molecule has 0 aliphatic carbocycles. The van der Waals surface area contributed by atoms with Crippen molar-refractivity contribution in [3.8, 4) is 45.9 Å². The molecule has 0 amide bonds. The van der Waals surface area contributed by atoms with E-state index in [9.17, 15) is 36.9 Å². The monoisotopic (exact) mass is 576 g/mol. The second-order valence-electron chi connectivity index (χ2n) is 8.07. The number of hydrogen-bond donors (Lipinski definition) is 0. The van der Waals surface area contributed by atoms with Gasteiger partial charge in [0.2, 0.25) is 0 Å². The van der Waals surface area contributed by atoms with Gasteiger partial charge in [-0.1, -0.05) is 47.5 Å². The van der Waals surface area contributed by atoms with Crippen LogP contribution in [0.25, 0.3) is 22.3 Å². The Balaban J connectivity index is 1.80. The molecule has 0 bridgehead atoms. The number of hydrogen-bond acceptors (Lipinski definition) is 3. The molecule has 4 aromatic rings. The number of alkyl halides is 6. The van der Waals surface area contributed by atoms with Gasteiger partial charge in [-0.2, -0.15) is 36.9 Å². The van der Waals surface area contributed by atoms with Crippen molar-refractivity contribution in [1.29, 1.82) is 10.5 Å². The summed E-state index contributed by atoms with van der Waals surface area (Å²) in [6.45, 7) is 0. The average Bonchev–Trinajstić information content (AvgIpc) is 2.89. The van der Waals surface area contributed by atoms with Crippen LogP contribution >= 0.6 is 23.2 Å². The summed E-state index contributed by atoms with van der Waals surface area (Å²) in [5.74, 6) is -0.122. The van der Waals surface area contributed by atoms with Gasteiger partial charge < -0.3 is 4.74 Å². The molecule has 4 rings (SSSR count). The SMILES string of the molecule is N#Cc1c(Oc2ccc(Cl)c(-c3ccc(C(F)(F)F)cc3)c2C#N)ccc(Cl)c1-c1ccc(C(F)(F)F)cc1. The zero-order valence-electron chi connectivity index (χ0n) is 19.3. The van der Waals surface area contributed by atoms with E-state index < -0.39 is 23.5 Å². The number of rotatable bonds is 4. The lowest BCUT2D eigenvalue weighted by Gasteiger charge is -2.16. The first-order valence-corrected chi connectivity index (χ1v) is 11.6. The highest BCUT2D eigenvalue weighted by atomic mass is 35.5. The van der Waals surface area contributed by atoms with Crippen molar-refractivity contribution in [3.63, 3.8) is 0 Å². The minimum Gasteiger partial charge on any atom is -0.455 e. The van der Waals surface area contributed by atoms with Crippen molar-refractivity contribution in [2.24, 2.45) is 0 Å². The molecule has 0 atom stereocenters. The standard InChI is InChI=1S/C28H12Cl2F6N2O/c29-21-9-11-23(19(13-37)25(21)15-1-5-17(6-2-15)27(31,32)33)39-24-12-10-22(30)26(20(24)14-38)16-3-7-18(8-4-16)28(34,35)36/h1-12H. The van der Waals surface area contributed by atoms with Gasteiger partial charge in [0.1, 0.15) is 34.8 Å². The van der Waals surface area contributed by atoms with Gasteiger partial charge in [-0.05, 0) is 59.7 Å². The molecule has 11 heteroatoms. The molecule has 3 nitrogen and oxygen atoms in total. The summed E-state index contributed by atoms with van der Waals surface area (Å²) in [5, 5.41) is 19.9. The molecule has 0 N–H and O–H groups in total. The molecule has 0 aliphatic rings. The molecule has 0 unspecified atom stereocenters. The summed E-state index contributed by atoms with van der Waals surface area (Å²) in [4.78, 5) is 0. The summed E-state index contributed by atoms with van der Waals surface area (Å²) in [6, 6.07) is 17.4. The van der Waals surface area contributed by atoms with Crippen molar-refractivity contribution in [2.45, 2.75) is 12.4 Å². The Hall–Kier alpha value is -4.18. The summed E-state index contributed by atoms with van der Waals surface area (Å²) in [7, 11) is 0. The third-order valence-electron chi connectivity index (χ3n) is 5.68. The Morgan fingerprint density at radius 1 is 0.538 bits per heavy atom. The first-order chi connectivity index (χ1) is 18.3. The predicted octanol–water partition coefficient (Wildman–Crippen LogP) is 9.90. The van der Waals surface area contributed by atoms with Crippen molar-refractivity contribution < 1.29 is 31.1 Å². The van der Waals surface area contributed by atoms with E-state index in [2.05, 4.69) is 0 Å². The van der Waals surface area contributed by atoms with Crippen LogP contribution in [0.2, 0.25) is 10.0 Å². The van der Waals surface area contributed by atoms with Gasteiger partial charge in [0.15, 0.2) is 0 Å². The number of benzene rings is 4. The second-order valence-corrected chi connectivity index (χ2v) is 8.88. The number of ether oxygens (including phenoxy) is 1. The van der Waals surface area contributed by atoms with Crippen LogP contribution in [0.4, 0.5) is 26.3 Å². The van der Waals surface area contributed by atoms with E-state index >= 15 is 0 Å². The van der Waals surface area contributed by atoms with Crippen LogP contribution in [-0.4, -0.2) is 0 Å². The molecule has 0 saturated carbocycles. The minimum absolute atomic E-state index is 0.0611. The Labute approximate surface area is 228 Å². The lowest BCUT2D eigenvalue weighted by molar-refractivity contribution is -0.138. The predicted molar refractivity (Wildman–Crippen MR) is 133 cm³/mol. The highest BCUT2D eigenvalue weighted by Crippen LogP contribution is 2.43. The van der Waals surface area contributed by atoms with Gasteiger partial charge in [0.25, 0.3) is 0 Å². The maximum absolute atomic E-state index is 13.0. The molecular formula is C28H12Cl2F6N2O. The molecule has 196 valence electrons. The van der Waals surface area contributed by atoms with E-state index in [1.807, 2.05) is 12.1 Å². The Morgan fingerprint density at radius 3 is 1.15 bits per heavy atom. The molecule has 0 radical (unpaired) electrons. The zero-order valence-corrected chi connectivity index (χ0v) is 20.8. The van der Waals surface area contributed by atoms with Gasteiger partial charge in [0, 0.05) is 21.2 Å². The molecule has 39 heavy (non-hydrogen) atoms. The van der Waals surface area contributed by atoms with Gasteiger partial charge in [-0.25, -0.2) is 0 Å². The smallest absolute Gasteiger partial charge is 0.416 e. The van der Waals surface area contributed by atoms with Crippen LogP contribution in [-0.2, 0) is 12.4 Å². The molecule has 0 heterocycles. The fourth-order valence-electron chi connectivity index (χ4n) is 3.84. The van der Waals surface area contributed by atoms with Gasteiger partial charge in [-0.15, -0.1) is 0 Å². The highest BCUT2D eigenvalue weighted by molar-refractivity contribution is 6.34. The number of halogens is 8. The van der Waals surface area contributed by atoms with Gasteiger partial charge in [-0.3, -0.25) is 0 Å². The van der Waals surface area contributed by atoms with Crippen molar-refractivity contribution >= 4 is 23.2 Å². The molecule has 0 saturated heterocycles. The van der Waals surface area contributed by atoms with Gasteiger partial charge >= 0.3 is 12.4 Å². The molecule has 0 aromatic heterocycles. The summed E-state index contributed by atoms with van der Waals surface area (Å²) in [6.07, 6.45) is -9.11. The normalized spacial score (nSPS) is 11.5. The number of nitriles is 2. The zero-order chi connectivity index (χ0) is 28.5. The van der Waals surface area contributed by atoms with Crippen molar-refractivity contribution in [1.82, 2.24) is 0 Å². The quantitative estimate of drug-likeness (QED) is 0.227. The van der Waals surface area contributed by atoms with Crippen LogP contribution in [0.1, 0.15) is 22.3 Å². The number of nitrogens with zero attached hydrogens (tertiary/aromatic N) is 2. The van der Waals surface area contributed by atoms with E-state index in [0.717, 1.165) is 24.3 Å². The van der Waals surface area contributed by atoms with Crippen molar-refractivity contribution in [3.05, 3.63) is 105 Å². The fourth-order valence-corrected chi connectivity index (χ4v) is 4.38. The fraction of sp³-hybridized carbons (Fsp3) is 0.0714. The van der Waals surface area contributed by atoms with E-state index in [4.69, 9.17) is 27.9 Å². The second kappa shape index (κ2) is 10.5. The third-order valence-corrected chi connectivity index (χ3v) is 6.31. The lowest BCUT2D eigenvalue weighted by Crippen LogP contribution is -2.04. The van der Waals surface area contributed by atoms with E-state index in [0.29, 0.717) is 0 Å². The molecule has 0 fully saturated rings. The Kier molecular flexibility index (Phi) is 7.52. The van der Waals surface area contributed by atoms with Crippen LogP contribution in [0.15, 0.2) is 72.8 Å². The molecule has 0 spiro atoms. The first-order valence-electron chi connectivity index (χ1n) is 10.8. The Morgan fingerprint density at radius 2 is 0.872 bits per heavy atom. The van der Waals surface area contributed by atoms with Crippen LogP contribution in [0.5, 0.6) is 11.5 Å². The molecular weight excluding hydrogens is 565 g/mol. The van der Waals surface area contributed by atoms with E-state index in [1.165, 1.54) is 48.5 Å². The van der Waals surface area contributed by atoms with E-state index in [-0.39, 0.29) is 54.9 Å². The Bertz CT molecular complexity index is 1510. The topological polar surface area (TPSA) is 56.8 Å². The molecule has 4 aromatic carbocycles. The largest absolute Gasteiger partial charge is 0.455 e. The van der Waals surface area contributed by atoms with Crippen LogP contribution in [0.3, 0.4) is 0 Å². The lowest BCUT2D eigenvalue weighted by atomic mass is 9.97. The third kappa shape index (κ3) is 5.65. The van der Waals surface area contributed by atoms with Crippen LogP contribution < -0.4 is 4.74 Å². The van der Waals surface area contributed by atoms with Crippen LogP contribution in [0, 0.1) is 22.7 Å². The highest BCUT2D eigenvalue weighted by Gasteiger charge is 2.31. The summed E-state index contributed by atoms with van der Waals surface area (Å²) in [5.41, 5.74) is -1.34. The average molecular weight is 577 g/mol. The maximum atomic E-state index is 13.0. The molecule has 0 aliphatic heterocycles. The van der Waals surface area contributed by atoms with Crippen molar-refractivity contribution in [2.75, 3.05) is 0 Å². The first kappa shape index (κ1) is 27.8.